The van der Waals surface area contributed by atoms with Gasteiger partial charge < -0.3 is 18.9 Å². The molecule has 3 rings (SSSR count). The van der Waals surface area contributed by atoms with Crippen LogP contribution in [-0.4, -0.2) is 39.1 Å². The van der Waals surface area contributed by atoms with Gasteiger partial charge in [-0.05, 0) is 29.8 Å². The fraction of sp³-hybridized carbons (Fsp3) is 0.222. The number of benzene rings is 2. The van der Waals surface area contributed by atoms with E-state index in [-0.39, 0.29) is 6.61 Å². The number of para-hydroxylation sites is 2. The van der Waals surface area contributed by atoms with Gasteiger partial charge in [0, 0.05) is 0 Å². The molecule has 26 heavy (non-hydrogen) atoms. The second-order valence-electron chi connectivity index (χ2n) is 5.26. The molecule has 0 fully saturated rings. The highest BCUT2D eigenvalue weighted by molar-refractivity contribution is 6.32. The van der Waals surface area contributed by atoms with Crippen LogP contribution < -0.4 is 24.4 Å². The summed E-state index contributed by atoms with van der Waals surface area (Å²) in [4.78, 5) is 11.8. The Morgan fingerprint density at radius 1 is 1.27 bits per heavy atom. The maximum Gasteiger partial charge on any atom is 0.277 e. The first-order chi connectivity index (χ1) is 12.7. The molecule has 0 saturated heterocycles. The molecular weight excluding hydrogens is 360 g/mol. The molecule has 2 aromatic rings. The standard InChI is InChI=1S/C18H17ClN2O5/c1-23-14-4-2-3-5-15(14)26-11-17(22)21-20-10-12-8-13(19)18-16(9-12)24-6-7-25-18/h2-5,8-10H,6-7,11H2,1H3,(H,21,22)/b20-10-. The maximum atomic E-state index is 11.8. The van der Waals surface area contributed by atoms with Crippen molar-refractivity contribution in [1.82, 2.24) is 5.43 Å². The molecule has 1 heterocycles. The molecule has 0 bridgehead atoms. The first-order valence-electron chi connectivity index (χ1n) is 7.84. The molecule has 0 radical (unpaired) electrons. The van der Waals surface area contributed by atoms with Gasteiger partial charge in [0.25, 0.3) is 5.91 Å². The van der Waals surface area contributed by atoms with Gasteiger partial charge >= 0.3 is 0 Å². The lowest BCUT2D eigenvalue weighted by molar-refractivity contribution is -0.123. The van der Waals surface area contributed by atoms with Crippen molar-refractivity contribution in [2.75, 3.05) is 26.9 Å². The Bertz CT molecular complexity index is 825. The Morgan fingerprint density at radius 3 is 2.85 bits per heavy atom. The van der Waals surface area contributed by atoms with Gasteiger partial charge in [0.2, 0.25) is 0 Å². The number of hydrogen-bond donors (Lipinski definition) is 1. The van der Waals surface area contributed by atoms with Gasteiger partial charge in [-0.3, -0.25) is 4.79 Å². The van der Waals surface area contributed by atoms with E-state index < -0.39 is 5.91 Å². The molecule has 1 aliphatic heterocycles. The van der Waals surface area contributed by atoms with Crippen LogP contribution in [0.5, 0.6) is 23.0 Å². The Morgan fingerprint density at radius 2 is 2.04 bits per heavy atom. The molecule has 136 valence electrons. The number of halogens is 1. The third-order valence-electron chi connectivity index (χ3n) is 3.45. The molecule has 0 aliphatic carbocycles. The summed E-state index contributed by atoms with van der Waals surface area (Å²) in [6, 6.07) is 10.5. The number of nitrogens with one attached hydrogen (secondary N) is 1. The van der Waals surface area contributed by atoms with Crippen LogP contribution in [-0.2, 0) is 4.79 Å². The molecular formula is C18H17ClN2O5. The Hall–Kier alpha value is -2.93. The number of rotatable bonds is 6. The summed E-state index contributed by atoms with van der Waals surface area (Å²) < 4.78 is 21.5. The van der Waals surface area contributed by atoms with Crippen LogP contribution in [0.4, 0.5) is 0 Å². The van der Waals surface area contributed by atoms with Crippen molar-refractivity contribution < 1.29 is 23.7 Å². The van der Waals surface area contributed by atoms with E-state index in [9.17, 15) is 4.79 Å². The second-order valence-corrected chi connectivity index (χ2v) is 5.67. The Labute approximate surface area is 155 Å². The quantitative estimate of drug-likeness (QED) is 0.619. The number of methoxy groups -OCH3 is 1. The van der Waals surface area contributed by atoms with Crippen molar-refractivity contribution >= 4 is 23.7 Å². The summed E-state index contributed by atoms with van der Waals surface area (Å²) in [5.41, 5.74) is 3.06. The molecule has 0 spiro atoms. The van der Waals surface area contributed by atoms with Gasteiger partial charge in [-0.25, -0.2) is 5.43 Å². The molecule has 0 saturated carbocycles. The van der Waals surface area contributed by atoms with Crippen LogP contribution in [0, 0.1) is 0 Å². The minimum absolute atomic E-state index is 0.195. The van der Waals surface area contributed by atoms with Crippen molar-refractivity contribution in [1.29, 1.82) is 0 Å². The number of hydrazone groups is 1. The van der Waals surface area contributed by atoms with E-state index in [1.54, 1.807) is 30.3 Å². The van der Waals surface area contributed by atoms with Crippen molar-refractivity contribution in [3.8, 4) is 23.0 Å². The predicted octanol–water partition coefficient (Wildman–Crippen LogP) is 2.65. The summed E-state index contributed by atoms with van der Waals surface area (Å²) in [5.74, 6) is 1.69. The van der Waals surface area contributed by atoms with Crippen LogP contribution in [0.1, 0.15) is 5.56 Å². The highest BCUT2D eigenvalue weighted by Gasteiger charge is 2.16. The van der Waals surface area contributed by atoms with E-state index in [2.05, 4.69) is 10.5 Å². The van der Waals surface area contributed by atoms with Gasteiger partial charge in [0.1, 0.15) is 13.2 Å². The third kappa shape index (κ3) is 4.37. The Kier molecular flexibility index (Phi) is 5.80. The number of carbonyl (C=O) groups excluding carboxylic acids is 1. The fourth-order valence-electron chi connectivity index (χ4n) is 2.30. The number of hydrogen-bond acceptors (Lipinski definition) is 6. The molecule has 2 aromatic carbocycles. The number of carbonyl (C=O) groups is 1. The van der Waals surface area contributed by atoms with E-state index in [1.165, 1.54) is 13.3 Å². The van der Waals surface area contributed by atoms with Crippen molar-refractivity contribution in [2.24, 2.45) is 5.10 Å². The average Bonchev–Trinajstić information content (AvgIpc) is 2.66. The normalized spacial score (nSPS) is 12.7. The topological polar surface area (TPSA) is 78.4 Å². The van der Waals surface area contributed by atoms with E-state index >= 15 is 0 Å². The first-order valence-corrected chi connectivity index (χ1v) is 8.22. The van der Waals surface area contributed by atoms with E-state index in [1.807, 2.05) is 6.07 Å². The molecule has 7 nitrogen and oxygen atoms in total. The summed E-state index contributed by atoms with van der Waals surface area (Å²) in [6.07, 6.45) is 1.46. The minimum Gasteiger partial charge on any atom is -0.493 e. The zero-order valence-corrected chi connectivity index (χ0v) is 14.8. The zero-order chi connectivity index (χ0) is 18.4. The van der Waals surface area contributed by atoms with Crippen molar-refractivity contribution in [3.63, 3.8) is 0 Å². The second kappa shape index (κ2) is 8.44. The van der Waals surface area contributed by atoms with Crippen LogP contribution in [0.3, 0.4) is 0 Å². The van der Waals surface area contributed by atoms with E-state index in [4.69, 9.17) is 30.5 Å². The number of amides is 1. The summed E-state index contributed by atoms with van der Waals surface area (Å²) in [5, 5.41) is 4.32. The predicted molar refractivity (Wildman–Crippen MR) is 96.7 cm³/mol. The fourth-order valence-corrected chi connectivity index (χ4v) is 2.57. The molecule has 1 aliphatic rings. The van der Waals surface area contributed by atoms with Gasteiger partial charge in [0.15, 0.2) is 29.6 Å². The first kappa shape index (κ1) is 17.9. The largest absolute Gasteiger partial charge is 0.493 e. The lowest BCUT2D eigenvalue weighted by Gasteiger charge is -2.19. The van der Waals surface area contributed by atoms with Crippen LogP contribution >= 0.6 is 11.6 Å². The SMILES string of the molecule is COc1ccccc1OCC(=O)N/N=C\c1cc(Cl)c2c(c1)OCCO2. The lowest BCUT2D eigenvalue weighted by atomic mass is 10.2. The molecule has 1 amide bonds. The number of ether oxygens (including phenoxy) is 4. The van der Waals surface area contributed by atoms with Gasteiger partial charge in [0.05, 0.1) is 18.3 Å². The smallest absolute Gasteiger partial charge is 0.277 e. The van der Waals surface area contributed by atoms with Gasteiger partial charge in [-0.15, -0.1) is 0 Å². The molecule has 8 heteroatoms. The van der Waals surface area contributed by atoms with Gasteiger partial charge in [-0.2, -0.15) is 5.10 Å². The minimum atomic E-state index is -0.407. The molecule has 0 atom stereocenters. The van der Waals surface area contributed by atoms with E-state index in [0.717, 1.165) is 0 Å². The highest BCUT2D eigenvalue weighted by atomic mass is 35.5. The van der Waals surface area contributed by atoms with Crippen LogP contribution in [0.15, 0.2) is 41.5 Å². The zero-order valence-electron chi connectivity index (χ0n) is 14.0. The van der Waals surface area contributed by atoms with E-state index in [0.29, 0.717) is 46.8 Å². The third-order valence-corrected chi connectivity index (χ3v) is 3.73. The summed E-state index contributed by atoms with van der Waals surface area (Å²) >= 11 is 6.15. The summed E-state index contributed by atoms with van der Waals surface area (Å²) in [6.45, 7) is 0.725. The molecule has 0 unspecified atom stereocenters. The summed E-state index contributed by atoms with van der Waals surface area (Å²) in [7, 11) is 1.53. The average molecular weight is 377 g/mol. The highest BCUT2D eigenvalue weighted by Crippen LogP contribution is 2.37. The van der Waals surface area contributed by atoms with Crippen LogP contribution in [0.25, 0.3) is 0 Å². The Balaban J connectivity index is 1.55. The van der Waals surface area contributed by atoms with Crippen LogP contribution in [0.2, 0.25) is 5.02 Å². The van der Waals surface area contributed by atoms with Crippen molar-refractivity contribution in [3.05, 3.63) is 47.0 Å². The lowest BCUT2D eigenvalue weighted by Crippen LogP contribution is -2.24. The number of nitrogens with zero attached hydrogens (tertiary/aromatic N) is 1. The maximum absolute atomic E-state index is 11.8. The molecule has 0 aromatic heterocycles. The molecule has 1 N–H and O–H groups in total. The van der Waals surface area contributed by atoms with Gasteiger partial charge in [-0.1, -0.05) is 23.7 Å². The number of fused-ring (bicyclic) bond motifs is 1. The monoisotopic (exact) mass is 376 g/mol. The van der Waals surface area contributed by atoms with Crippen molar-refractivity contribution in [2.45, 2.75) is 0 Å².